The Morgan fingerprint density at radius 2 is 1.46 bits per heavy atom. The van der Waals surface area contributed by atoms with Crippen LogP contribution >= 0.6 is 0 Å². The largest absolute Gasteiger partial charge is 0.489 e. The molecule has 2 nitrogen and oxygen atoms in total. The van der Waals surface area contributed by atoms with Gasteiger partial charge in [0.25, 0.3) is 0 Å². The molecule has 4 bridgehead atoms. The summed E-state index contributed by atoms with van der Waals surface area (Å²) in [6, 6.07) is 19.6. The van der Waals surface area contributed by atoms with Gasteiger partial charge in [0.15, 0.2) is 0 Å². The summed E-state index contributed by atoms with van der Waals surface area (Å²) in [7, 11) is 0. The van der Waals surface area contributed by atoms with Crippen molar-refractivity contribution in [2.24, 2.45) is 23.2 Å². The smallest absolute Gasteiger partial charge is 0.119 e. The Morgan fingerprint density at radius 1 is 0.857 bits per heavy atom. The first kappa shape index (κ1) is 18.2. The van der Waals surface area contributed by atoms with Crippen LogP contribution in [0.25, 0.3) is 0 Å². The van der Waals surface area contributed by atoms with Crippen molar-refractivity contribution < 1.29 is 4.74 Å². The van der Waals surface area contributed by atoms with Gasteiger partial charge in [-0.2, -0.15) is 0 Å². The highest BCUT2D eigenvalue weighted by Crippen LogP contribution is 2.61. The lowest BCUT2D eigenvalue weighted by molar-refractivity contribution is -0.0706. The van der Waals surface area contributed by atoms with E-state index in [-0.39, 0.29) is 0 Å². The molecule has 0 heterocycles. The second-order valence-electron chi connectivity index (χ2n) is 9.80. The van der Waals surface area contributed by atoms with E-state index in [9.17, 15) is 0 Å². The maximum Gasteiger partial charge on any atom is 0.119 e. The Hall–Kier alpha value is -1.80. The molecule has 6 rings (SSSR count). The number of hydrogen-bond donors (Lipinski definition) is 1. The van der Waals surface area contributed by atoms with Gasteiger partial charge in [0.05, 0.1) is 0 Å². The van der Waals surface area contributed by atoms with Crippen molar-refractivity contribution in [2.75, 3.05) is 0 Å². The van der Waals surface area contributed by atoms with E-state index in [1.807, 2.05) is 6.07 Å². The van der Waals surface area contributed by atoms with E-state index >= 15 is 0 Å². The molecule has 0 aromatic heterocycles. The highest BCUT2D eigenvalue weighted by Gasteiger charge is 2.52. The van der Waals surface area contributed by atoms with Gasteiger partial charge in [-0.05, 0) is 91.9 Å². The van der Waals surface area contributed by atoms with Gasteiger partial charge in [-0.15, -0.1) is 0 Å². The van der Waals surface area contributed by atoms with Crippen LogP contribution in [0.1, 0.15) is 56.6 Å². The first-order valence-electron chi connectivity index (χ1n) is 11.2. The average molecular weight is 376 g/mol. The maximum absolute atomic E-state index is 5.92. The molecule has 1 N–H and O–H groups in total. The van der Waals surface area contributed by atoms with E-state index in [0.29, 0.717) is 18.1 Å². The van der Waals surface area contributed by atoms with Gasteiger partial charge in [0.2, 0.25) is 0 Å². The molecule has 0 saturated heterocycles. The minimum absolute atomic E-state index is 0.577. The lowest BCUT2D eigenvalue weighted by Crippen LogP contribution is -2.54. The molecule has 4 saturated carbocycles. The standard InChI is InChI=1S/C26H33NO/c1-19(26-14-22-11-23(15-26)13-24(12-22)16-26)27-17-20-7-9-25(10-8-20)28-18-21-5-3-2-4-6-21/h2-10,19,22-24,27H,11-18H2,1H3. The van der Waals surface area contributed by atoms with E-state index in [4.69, 9.17) is 4.74 Å². The van der Waals surface area contributed by atoms with E-state index in [1.54, 1.807) is 0 Å². The second-order valence-corrected chi connectivity index (χ2v) is 9.80. The Kier molecular flexibility index (Phi) is 4.92. The molecule has 148 valence electrons. The van der Waals surface area contributed by atoms with Crippen LogP contribution in [0.2, 0.25) is 0 Å². The Balaban J connectivity index is 1.15. The number of rotatable bonds is 7. The van der Waals surface area contributed by atoms with Gasteiger partial charge in [-0.1, -0.05) is 42.5 Å². The van der Waals surface area contributed by atoms with Crippen molar-refractivity contribution in [3.8, 4) is 5.75 Å². The topological polar surface area (TPSA) is 21.3 Å². The van der Waals surface area contributed by atoms with Gasteiger partial charge < -0.3 is 10.1 Å². The SMILES string of the molecule is CC(NCc1ccc(OCc2ccccc2)cc1)C12CC3CC(CC(C3)C1)C2. The quantitative estimate of drug-likeness (QED) is 0.645. The van der Waals surface area contributed by atoms with Gasteiger partial charge in [-0.3, -0.25) is 0 Å². The number of nitrogens with one attached hydrogen (secondary N) is 1. The predicted octanol–water partition coefficient (Wildman–Crippen LogP) is 5.96. The Bertz CT molecular complexity index is 747. The van der Waals surface area contributed by atoms with Crippen molar-refractivity contribution in [3.05, 3.63) is 65.7 Å². The lowest BCUT2D eigenvalue weighted by Gasteiger charge is -2.59. The van der Waals surface area contributed by atoms with E-state index in [2.05, 4.69) is 60.8 Å². The van der Waals surface area contributed by atoms with Crippen molar-refractivity contribution in [2.45, 2.75) is 64.6 Å². The highest BCUT2D eigenvalue weighted by atomic mass is 16.5. The Morgan fingerprint density at radius 3 is 2.07 bits per heavy atom. The summed E-state index contributed by atoms with van der Waals surface area (Å²) in [5, 5.41) is 3.89. The summed E-state index contributed by atoms with van der Waals surface area (Å²) < 4.78 is 5.92. The van der Waals surface area contributed by atoms with E-state index in [0.717, 1.165) is 30.0 Å². The number of ether oxygens (including phenoxy) is 1. The minimum atomic E-state index is 0.577. The lowest BCUT2D eigenvalue weighted by atomic mass is 9.48. The molecule has 0 spiro atoms. The molecular weight excluding hydrogens is 342 g/mol. The Labute approximate surface area is 169 Å². The summed E-state index contributed by atoms with van der Waals surface area (Å²) in [4.78, 5) is 0. The van der Waals surface area contributed by atoms with Crippen LogP contribution in [0.15, 0.2) is 54.6 Å². The zero-order valence-electron chi connectivity index (χ0n) is 17.1. The van der Waals surface area contributed by atoms with Crippen LogP contribution in [-0.4, -0.2) is 6.04 Å². The van der Waals surface area contributed by atoms with Gasteiger partial charge in [-0.25, -0.2) is 0 Å². The predicted molar refractivity (Wildman–Crippen MR) is 114 cm³/mol. The van der Waals surface area contributed by atoms with E-state index in [1.165, 1.54) is 49.7 Å². The summed E-state index contributed by atoms with van der Waals surface area (Å²) in [6.07, 6.45) is 8.99. The number of hydrogen-bond acceptors (Lipinski definition) is 2. The summed E-state index contributed by atoms with van der Waals surface area (Å²) >= 11 is 0. The summed E-state index contributed by atoms with van der Waals surface area (Å²) in [6.45, 7) is 4.04. The molecule has 0 radical (unpaired) electrons. The van der Waals surface area contributed by atoms with Crippen LogP contribution in [0.3, 0.4) is 0 Å². The molecule has 4 aliphatic carbocycles. The highest BCUT2D eigenvalue weighted by molar-refractivity contribution is 5.28. The molecule has 2 heteroatoms. The van der Waals surface area contributed by atoms with Crippen molar-refractivity contribution in [3.63, 3.8) is 0 Å². The third-order valence-corrected chi connectivity index (χ3v) is 7.79. The minimum Gasteiger partial charge on any atom is -0.489 e. The number of benzene rings is 2. The first-order chi connectivity index (χ1) is 13.7. The van der Waals surface area contributed by atoms with Crippen molar-refractivity contribution in [1.82, 2.24) is 5.32 Å². The summed E-state index contributed by atoms with van der Waals surface area (Å²) in [5.74, 6) is 4.02. The normalized spacial score (nSPS) is 31.7. The molecule has 2 aromatic rings. The van der Waals surface area contributed by atoms with Crippen LogP contribution < -0.4 is 10.1 Å². The summed E-state index contributed by atoms with van der Waals surface area (Å²) in [5.41, 5.74) is 3.13. The fourth-order valence-electron chi connectivity index (χ4n) is 6.64. The molecule has 2 aromatic carbocycles. The maximum atomic E-state index is 5.92. The monoisotopic (exact) mass is 375 g/mol. The van der Waals surface area contributed by atoms with Crippen LogP contribution in [0.4, 0.5) is 0 Å². The third-order valence-electron chi connectivity index (χ3n) is 7.79. The molecule has 28 heavy (non-hydrogen) atoms. The molecular formula is C26H33NO. The van der Waals surface area contributed by atoms with E-state index < -0.39 is 0 Å². The second kappa shape index (κ2) is 7.55. The van der Waals surface area contributed by atoms with Crippen molar-refractivity contribution >= 4 is 0 Å². The molecule has 0 aliphatic heterocycles. The zero-order valence-corrected chi connectivity index (χ0v) is 17.1. The van der Waals surface area contributed by atoms with Crippen LogP contribution in [0.5, 0.6) is 5.75 Å². The molecule has 1 atom stereocenters. The first-order valence-corrected chi connectivity index (χ1v) is 11.2. The van der Waals surface area contributed by atoms with Gasteiger partial charge in [0, 0.05) is 12.6 Å². The molecule has 1 unspecified atom stereocenters. The fraction of sp³-hybridized carbons (Fsp3) is 0.538. The molecule has 0 amide bonds. The van der Waals surface area contributed by atoms with Gasteiger partial charge in [0.1, 0.15) is 12.4 Å². The van der Waals surface area contributed by atoms with Crippen molar-refractivity contribution in [1.29, 1.82) is 0 Å². The van der Waals surface area contributed by atoms with Gasteiger partial charge >= 0.3 is 0 Å². The fourth-order valence-corrected chi connectivity index (χ4v) is 6.64. The molecule has 4 fully saturated rings. The zero-order chi connectivity index (χ0) is 19.0. The average Bonchev–Trinajstić information content (AvgIpc) is 2.71. The third kappa shape index (κ3) is 3.72. The molecule has 4 aliphatic rings. The van der Waals surface area contributed by atoms with Crippen LogP contribution in [0, 0.1) is 23.2 Å². The van der Waals surface area contributed by atoms with Crippen LogP contribution in [-0.2, 0) is 13.2 Å².